The number of hydrogen-bond acceptors (Lipinski definition) is 5. The van der Waals surface area contributed by atoms with Gasteiger partial charge in [-0.2, -0.15) is 5.10 Å². The number of nitrogens with one attached hydrogen (secondary N) is 1. The molecule has 3 aromatic heterocycles. The lowest BCUT2D eigenvalue weighted by Gasteiger charge is -2.06. The van der Waals surface area contributed by atoms with Crippen LogP contribution in [0.4, 0.5) is 0 Å². The number of carbonyl (C=O) groups excluding carboxylic acids is 1. The van der Waals surface area contributed by atoms with E-state index in [4.69, 9.17) is 4.74 Å². The highest BCUT2D eigenvalue weighted by molar-refractivity contribution is 7.17. The Hall–Kier alpha value is -2.19. The van der Waals surface area contributed by atoms with Gasteiger partial charge < -0.3 is 10.1 Å². The molecule has 8 heteroatoms. The molecule has 7 nitrogen and oxygen atoms in total. The lowest BCUT2D eigenvalue weighted by Crippen LogP contribution is -2.34. The molecule has 0 saturated carbocycles. The van der Waals surface area contributed by atoms with Crippen LogP contribution in [0.1, 0.15) is 6.42 Å². The van der Waals surface area contributed by atoms with Crippen LogP contribution in [0.25, 0.3) is 15.7 Å². The number of ether oxygens (including phenoxy) is 1. The molecule has 0 unspecified atom stereocenters. The van der Waals surface area contributed by atoms with Crippen molar-refractivity contribution in [3.63, 3.8) is 0 Å². The Kier molecular flexibility index (Phi) is 4.21. The molecule has 0 aliphatic carbocycles. The van der Waals surface area contributed by atoms with E-state index in [0.717, 1.165) is 16.6 Å². The number of methoxy groups -OCH3 is 1. The molecule has 0 aliphatic heterocycles. The van der Waals surface area contributed by atoms with Crippen molar-refractivity contribution in [3.05, 3.63) is 34.2 Å². The van der Waals surface area contributed by atoms with E-state index in [-0.39, 0.29) is 18.0 Å². The highest BCUT2D eigenvalue weighted by Gasteiger charge is 2.11. The topological polar surface area (TPSA) is 77.6 Å². The average molecular weight is 320 g/mol. The number of amides is 1. The molecule has 1 N–H and O–H groups in total. The van der Waals surface area contributed by atoms with E-state index in [1.54, 1.807) is 29.2 Å². The monoisotopic (exact) mass is 320 g/mol. The first-order chi connectivity index (χ1) is 10.7. The molecule has 3 aromatic rings. The van der Waals surface area contributed by atoms with E-state index in [1.165, 1.54) is 4.68 Å². The molecule has 3 heterocycles. The van der Waals surface area contributed by atoms with Gasteiger partial charge in [-0.25, -0.2) is 4.68 Å². The molecular formula is C14H16N4O3S. The molecule has 0 radical (unpaired) electrons. The third-order valence-electron chi connectivity index (χ3n) is 3.36. The summed E-state index contributed by atoms with van der Waals surface area (Å²) >= 11 is 1.57. The number of nitrogens with zero attached hydrogens (tertiary/aromatic N) is 3. The van der Waals surface area contributed by atoms with Gasteiger partial charge in [0.25, 0.3) is 5.56 Å². The van der Waals surface area contributed by atoms with E-state index in [2.05, 4.69) is 10.4 Å². The van der Waals surface area contributed by atoms with Crippen molar-refractivity contribution in [3.8, 4) is 0 Å². The van der Waals surface area contributed by atoms with Crippen LogP contribution < -0.4 is 10.9 Å². The number of carbonyl (C=O) groups is 1. The molecule has 0 aromatic carbocycles. The number of aromatic nitrogens is 3. The number of thiophene rings is 1. The summed E-state index contributed by atoms with van der Waals surface area (Å²) in [5, 5.41) is 8.79. The zero-order chi connectivity index (χ0) is 15.5. The van der Waals surface area contributed by atoms with Crippen molar-refractivity contribution in [2.75, 3.05) is 20.3 Å². The summed E-state index contributed by atoms with van der Waals surface area (Å²) in [4.78, 5) is 24.2. The van der Waals surface area contributed by atoms with Crippen LogP contribution in [0.5, 0.6) is 0 Å². The smallest absolute Gasteiger partial charge is 0.291 e. The molecule has 0 saturated heterocycles. The largest absolute Gasteiger partial charge is 0.385 e. The third kappa shape index (κ3) is 2.75. The molecule has 0 spiro atoms. The quantitative estimate of drug-likeness (QED) is 0.684. The molecule has 0 aliphatic rings. The molecule has 0 bridgehead atoms. The maximum absolute atomic E-state index is 12.4. The van der Waals surface area contributed by atoms with Crippen LogP contribution in [0.3, 0.4) is 0 Å². The summed E-state index contributed by atoms with van der Waals surface area (Å²) in [6.07, 6.45) is 2.31. The third-order valence-corrected chi connectivity index (χ3v) is 4.21. The van der Waals surface area contributed by atoms with Gasteiger partial charge in [0.2, 0.25) is 5.91 Å². The van der Waals surface area contributed by atoms with Gasteiger partial charge in [0.15, 0.2) is 0 Å². The van der Waals surface area contributed by atoms with E-state index in [1.807, 2.05) is 17.5 Å². The number of fused-ring (bicyclic) bond motifs is 3. The van der Waals surface area contributed by atoms with Gasteiger partial charge in [0, 0.05) is 20.3 Å². The Balaban J connectivity index is 1.78. The first kappa shape index (κ1) is 14.7. The Morgan fingerprint density at radius 2 is 2.32 bits per heavy atom. The van der Waals surface area contributed by atoms with Gasteiger partial charge in [-0.3, -0.25) is 14.0 Å². The SMILES string of the molecule is COCCCNC(=O)Cn1ncn2c(cc3sccc32)c1=O. The van der Waals surface area contributed by atoms with E-state index >= 15 is 0 Å². The second-order valence-corrected chi connectivity index (χ2v) is 5.81. The molecule has 22 heavy (non-hydrogen) atoms. The average Bonchev–Trinajstić information content (AvgIpc) is 3.08. The zero-order valence-electron chi connectivity index (χ0n) is 12.1. The molecule has 0 atom stereocenters. The second-order valence-electron chi connectivity index (χ2n) is 4.86. The minimum Gasteiger partial charge on any atom is -0.385 e. The Morgan fingerprint density at radius 3 is 3.14 bits per heavy atom. The lowest BCUT2D eigenvalue weighted by molar-refractivity contribution is -0.121. The summed E-state index contributed by atoms with van der Waals surface area (Å²) in [7, 11) is 1.61. The normalized spacial score (nSPS) is 11.3. The minimum atomic E-state index is -0.266. The van der Waals surface area contributed by atoms with Crippen molar-refractivity contribution in [1.82, 2.24) is 19.5 Å². The summed E-state index contributed by atoms with van der Waals surface area (Å²) in [5.74, 6) is -0.233. The fourth-order valence-corrected chi connectivity index (χ4v) is 3.09. The van der Waals surface area contributed by atoms with Gasteiger partial charge in [0.1, 0.15) is 18.4 Å². The van der Waals surface area contributed by atoms with Crippen LogP contribution in [0.15, 0.2) is 28.6 Å². The summed E-state index contributed by atoms with van der Waals surface area (Å²) in [6.45, 7) is 1.02. The first-order valence-electron chi connectivity index (χ1n) is 6.90. The molecule has 0 fully saturated rings. The lowest BCUT2D eigenvalue weighted by atomic mass is 10.4. The molecular weight excluding hydrogens is 304 g/mol. The van der Waals surface area contributed by atoms with Gasteiger partial charge in [-0.05, 0) is 23.9 Å². The summed E-state index contributed by atoms with van der Waals surface area (Å²) < 4.78 is 8.87. The van der Waals surface area contributed by atoms with Crippen LogP contribution in [-0.4, -0.2) is 40.3 Å². The Morgan fingerprint density at radius 1 is 1.45 bits per heavy atom. The molecule has 116 valence electrons. The maximum Gasteiger partial charge on any atom is 0.291 e. The van der Waals surface area contributed by atoms with E-state index < -0.39 is 0 Å². The van der Waals surface area contributed by atoms with Crippen molar-refractivity contribution in [2.24, 2.45) is 0 Å². The summed E-state index contributed by atoms with van der Waals surface area (Å²) in [5.41, 5.74) is 1.22. The Bertz CT molecular complexity index is 864. The highest BCUT2D eigenvalue weighted by Crippen LogP contribution is 2.22. The number of rotatable bonds is 6. The van der Waals surface area contributed by atoms with Crippen molar-refractivity contribution in [1.29, 1.82) is 0 Å². The van der Waals surface area contributed by atoms with Crippen LogP contribution in [0, 0.1) is 0 Å². The zero-order valence-corrected chi connectivity index (χ0v) is 12.9. The van der Waals surface area contributed by atoms with Gasteiger partial charge in [-0.15, -0.1) is 11.3 Å². The van der Waals surface area contributed by atoms with Gasteiger partial charge >= 0.3 is 0 Å². The highest BCUT2D eigenvalue weighted by atomic mass is 32.1. The predicted octanol–water partition coefficient (Wildman–Crippen LogP) is 0.863. The van der Waals surface area contributed by atoms with Crippen LogP contribution in [0.2, 0.25) is 0 Å². The summed E-state index contributed by atoms with van der Waals surface area (Å²) in [6, 6.07) is 3.78. The van der Waals surface area contributed by atoms with Gasteiger partial charge in [-0.1, -0.05) is 0 Å². The van der Waals surface area contributed by atoms with Crippen molar-refractivity contribution in [2.45, 2.75) is 13.0 Å². The van der Waals surface area contributed by atoms with Crippen molar-refractivity contribution < 1.29 is 9.53 Å². The Labute approximate surface area is 130 Å². The van der Waals surface area contributed by atoms with Crippen molar-refractivity contribution >= 4 is 33.0 Å². The minimum absolute atomic E-state index is 0.0822. The second kappa shape index (κ2) is 6.29. The maximum atomic E-state index is 12.4. The predicted molar refractivity (Wildman–Crippen MR) is 84.3 cm³/mol. The first-order valence-corrected chi connectivity index (χ1v) is 7.78. The molecule has 1 amide bonds. The van der Waals surface area contributed by atoms with E-state index in [9.17, 15) is 9.59 Å². The van der Waals surface area contributed by atoms with Crippen LogP contribution in [-0.2, 0) is 16.1 Å². The van der Waals surface area contributed by atoms with Crippen LogP contribution >= 0.6 is 11.3 Å². The fourth-order valence-electron chi connectivity index (χ4n) is 2.28. The number of hydrogen-bond donors (Lipinski definition) is 1. The molecule has 3 rings (SSSR count). The van der Waals surface area contributed by atoms with Gasteiger partial charge in [0.05, 0.1) is 10.2 Å². The fraction of sp³-hybridized carbons (Fsp3) is 0.357. The van der Waals surface area contributed by atoms with E-state index in [0.29, 0.717) is 18.7 Å². The standard InChI is InChI=1S/C14H16N4O3S/c1-21-5-2-4-15-13(19)8-18-14(20)11-7-12-10(3-6-22-12)17(11)9-16-18/h3,6-7,9H,2,4-5,8H2,1H3,(H,15,19).